The average molecular weight is 1010 g/mol. The number of rotatable bonds is 6. The van der Waals surface area contributed by atoms with Gasteiger partial charge in [0.05, 0.1) is 104 Å². The van der Waals surface area contributed by atoms with Gasteiger partial charge in [-0.05, 0) is 46.5 Å². The lowest BCUT2D eigenvalue weighted by atomic mass is 9.81. The van der Waals surface area contributed by atoms with Crippen molar-refractivity contribution in [1.82, 2.24) is 5.32 Å². The van der Waals surface area contributed by atoms with E-state index in [1.54, 1.807) is 86.8 Å². The molecule has 71 heavy (non-hydrogen) atoms. The minimum absolute atomic E-state index is 0.159. The second-order valence-electron chi connectivity index (χ2n) is 19.6. The maximum atomic E-state index is 13.9. The number of fused-ring (bicyclic) bond motifs is 2. The van der Waals surface area contributed by atoms with E-state index in [4.69, 9.17) is 24.7 Å². The third-order valence-corrected chi connectivity index (χ3v) is 13.2. The quantitative estimate of drug-likeness (QED) is 0.149. The SMILES string of the molecule is C[C@@H]1[C@H](O)[C@@H](C)/C=C/C=C/C=C/C=C/C=C/C=C/C=C/[C@H](O[C@@H]2O[C@H](C)[C@@H](O)[C@H](N)[C@@H]2O)C[C@@H]2O[C@](O)(C[C@@H](O)[C@H](O)CC[C@@H](O)C[C@@H](O)C[C@@H](O)CC(=O)O[C@H]1C)C[C@H](O)[C@H]2C(=O)NC(C)(CO)CO. The highest BCUT2D eigenvalue weighted by Gasteiger charge is 2.52. The van der Waals surface area contributed by atoms with Gasteiger partial charge in [0.15, 0.2) is 12.1 Å². The fraction of sp³-hybridized carbons (Fsp3) is 0.686. The summed E-state index contributed by atoms with van der Waals surface area (Å²) in [6, 6.07) is -1.18. The number of allylic oxidation sites excluding steroid dienone is 12. The summed E-state index contributed by atoms with van der Waals surface area (Å²) in [5, 5.41) is 132. The van der Waals surface area contributed by atoms with Gasteiger partial charge in [-0.3, -0.25) is 9.59 Å². The molecule has 0 saturated carbocycles. The fourth-order valence-electron chi connectivity index (χ4n) is 8.48. The highest BCUT2D eigenvalue weighted by molar-refractivity contribution is 5.81. The van der Waals surface area contributed by atoms with Crippen LogP contribution < -0.4 is 11.1 Å². The highest BCUT2D eigenvalue weighted by Crippen LogP contribution is 2.38. The first-order valence-corrected chi connectivity index (χ1v) is 24.4. The second kappa shape index (κ2) is 30.0. The molecule has 0 spiro atoms. The zero-order valence-corrected chi connectivity index (χ0v) is 41.4. The number of ether oxygens (including phenoxy) is 4. The normalized spacial score (nSPS) is 42.9. The topological polar surface area (TPSA) is 352 Å². The number of hydrogen-bond acceptors (Lipinski definition) is 19. The van der Waals surface area contributed by atoms with Gasteiger partial charge in [0, 0.05) is 31.1 Å². The van der Waals surface area contributed by atoms with Gasteiger partial charge in [0.25, 0.3) is 0 Å². The van der Waals surface area contributed by atoms with E-state index in [-0.39, 0.29) is 38.0 Å². The van der Waals surface area contributed by atoms with Gasteiger partial charge in [-0.2, -0.15) is 0 Å². The van der Waals surface area contributed by atoms with Gasteiger partial charge in [0.1, 0.15) is 12.2 Å². The van der Waals surface area contributed by atoms with Crippen molar-refractivity contribution in [2.45, 2.75) is 189 Å². The molecule has 19 atom stereocenters. The highest BCUT2D eigenvalue weighted by atomic mass is 16.7. The predicted octanol–water partition coefficient (Wildman–Crippen LogP) is -0.513. The summed E-state index contributed by atoms with van der Waals surface area (Å²) in [5.41, 5.74) is 4.54. The molecule has 3 aliphatic rings. The number of aliphatic hydroxyl groups is 12. The minimum atomic E-state index is -2.40. The molecule has 2 saturated heterocycles. The Labute approximate surface area is 416 Å². The Morgan fingerprint density at radius 1 is 0.704 bits per heavy atom. The zero-order valence-electron chi connectivity index (χ0n) is 41.4. The van der Waals surface area contributed by atoms with E-state index in [1.807, 2.05) is 13.0 Å². The number of nitrogens with two attached hydrogens (primary N) is 1. The number of carbonyl (C=O) groups is 2. The van der Waals surface area contributed by atoms with Gasteiger partial charge in [-0.1, -0.05) is 98.9 Å². The smallest absolute Gasteiger partial charge is 0.308 e. The van der Waals surface area contributed by atoms with Crippen LogP contribution in [0.15, 0.2) is 85.1 Å². The van der Waals surface area contributed by atoms with E-state index >= 15 is 0 Å². The summed E-state index contributed by atoms with van der Waals surface area (Å²) in [5.74, 6) is -6.28. The Morgan fingerprint density at radius 3 is 1.82 bits per heavy atom. The lowest BCUT2D eigenvalue weighted by Crippen LogP contribution is -2.62. The third kappa shape index (κ3) is 20.4. The molecule has 0 aromatic rings. The van der Waals surface area contributed by atoms with Crippen LogP contribution in [0.3, 0.4) is 0 Å². The lowest BCUT2D eigenvalue weighted by Gasteiger charge is -2.46. The minimum Gasteiger partial charge on any atom is -0.462 e. The lowest BCUT2D eigenvalue weighted by molar-refractivity contribution is -0.308. The Balaban J connectivity index is 1.96. The molecule has 3 aliphatic heterocycles. The summed E-state index contributed by atoms with van der Waals surface area (Å²) in [4.78, 5) is 26.6. The third-order valence-electron chi connectivity index (χ3n) is 13.2. The van der Waals surface area contributed by atoms with E-state index in [0.29, 0.717) is 0 Å². The number of aliphatic hydroxyl groups excluding tert-OH is 11. The van der Waals surface area contributed by atoms with Crippen LogP contribution >= 0.6 is 0 Å². The van der Waals surface area contributed by atoms with Crippen molar-refractivity contribution in [3.63, 3.8) is 0 Å². The van der Waals surface area contributed by atoms with Crippen LogP contribution in [-0.2, 0) is 28.5 Å². The average Bonchev–Trinajstić information content (AvgIpc) is 3.30. The van der Waals surface area contributed by atoms with Crippen molar-refractivity contribution in [3.8, 4) is 0 Å². The Bertz CT molecular complexity index is 1820. The van der Waals surface area contributed by atoms with Gasteiger partial charge in [-0.15, -0.1) is 0 Å². The summed E-state index contributed by atoms with van der Waals surface area (Å²) < 4.78 is 23.6. The van der Waals surface area contributed by atoms with Crippen molar-refractivity contribution in [2.24, 2.45) is 23.5 Å². The molecule has 0 unspecified atom stereocenters. The predicted molar refractivity (Wildman–Crippen MR) is 260 cm³/mol. The van der Waals surface area contributed by atoms with Crippen LogP contribution in [0.5, 0.6) is 0 Å². The number of cyclic esters (lactones) is 1. The van der Waals surface area contributed by atoms with Crippen molar-refractivity contribution in [2.75, 3.05) is 13.2 Å². The molecule has 1 amide bonds. The van der Waals surface area contributed by atoms with Gasteiger partial charge < -0.3 is 91.3 Å². The standard InChI is InChI=1S/C51H82N2O18/c1-30-18-16-14-12-10-8-6-7-9-11-13-15-17-19-37(70-49-47(65)44(52)46(64)33(4)69-49)25-41-43(48(66)53-50(5,28-54)29-55)40(61)27-51(67,71-41)26-39(60)38(59)21-20-34(56)22-35(57)23-36(58)24-42(62)68-32(3)31(2)45(30)63/h6-19,30-41,43-47,49,54-61,63-65,67H,20-29,52H2,1-5H3,(H,53,66)/b7-6+,10-8+,11-9+,14-12+,15-13+,18-16+,19-17+/t30-,31-,32-,33+,34+,35+,36+,37-,38+,39+,40-,41-,43+,44-,45+,46+,47-,49-,51+/m0/s1. The zero-order chi connectivity index (χ0) is 53.1. The van der Waals surface area contributed by atoms with Crippen molar-refractivity contribution in [3.05, 3.63) is 85.1 Å². The first-order valence-electron chi connectivity index (χ1n) is 24.4. The molecule has 0 aliphatic carbocycles. The maximum absolute atomic E-state index is 13.9. The molecule has 20 nitrogen and oxygen atoms in total. The van der Waals surface area contributed by atoms with E-state index < -0.39 is 159 Å². The molecule has 0 aromatic carbocycles. The summed E-state index contributed by atoms with van der Waals surface area (Å²) >= 11 is 0. The molecule has 0 radical (unpaired) electrons. The molecule has 2 bridgehead atoms. The van der Waals surface area contributed by atoms with E-state index in [9.17, 15) is 70.9 Å². The Hall–Kier alpha value is -3.52. The van der Waals surface area contributed by atoms with Crippen molar-refractivity contribution in [1.29, 1.82) is 0 Å². The molecule has 3 rings (SSSR count). The fourth-order valence-corrected chi connectivity index (χ4v) is 8.48. The molecule has 0 aromatic heterocycles. The summed E-state index contributed by atoms with van der Waals surface area (Å²) in [7, 11) is 0. The van der Waals surface area contributed by atoms with Crippen molar-refractivity contribution >= 4 is 11.9 Å². The summed E-state index contributed by atoms with van der Waals surface area (Å²) in [6.45, 7) is 6.72. The van der Waals surface area contributed by atoms with E-state index in [2.05, 4.69) is 5.32 Å². The molecular weight excluding hydrogens is 929 g/mol. The number of nitrogens with one attached hydrogen (secondary N) is 1. The molecule has 3 heterocycles. The van der Waals surface area contributed by atoms with Crippen LogP contribution in [0.25, 0.3) is 0 Å². The van der Waals surface area contributed by atoms with E-state index in [1.165, 1.54) is 19.9 Å². The van der Waals surface area contributed by atoms with Crippen molar-refractivity contribution < 1.29 is 89.8 Å². The van der Waals surface area contributed by atoms with Crippen LogP contribution in [0.4, 0.5) is 0 Å². The van der Waals surface area contributed by atoms with Crippen LogP contribution in [0.1, 0.15) is 86.0 Å². The monoisotopic (exact) mass is 1010 g/mol. The van der Waals surface area contributed by atoms with Crippen LogP contribution in [0, 0.1) is 17.8 Å². The molecule has 404 valence electrons. The largest absolute Gasteiger partial charge is 0.462 e. The van der Waals surface area contributed by atoms with Crippen LogP contribution in [-0.4, -0.2) is 189 Å². The Kier molecular flexibility index (Phi) is 26.1. The number of hydrogen-bond donors (Lipinski definition) is 14. The maximum Gasteiger partial charge on any atom is 0.308 e. The number of esters is 1. The molecule has 15 N–H and O–H groups in total. The molecule has 2 fully saturated rings. The van der Waals surface area contributed by atoms with Gasteiger partial charge in [0.2, 0.25) is 5.91 Å². The first kappa shape index (κ1) is 61.8. The van der Waals surface area contributed by atoms with Crippen LogP contribution in [0.2, 0.25) is 0 Å². The second-order valence-corrected chi connectivity index (χ2v) is 19.6. The van der Waals surface area contributed by atoms with Gasteiger partial charge >= 0.3 is 5.97 Å². The number of carbonyl (C=O) groups excluding carboxylic acids is 2. The Morgan fingerprint density at radius 2 is 1.24 bits per heavy atom. The van der Waals surface area contributed by atoms with Gasteiger partial charge in [-0.25, -0.2) is 0 Å². The summed E-state index contributed by atoms with van der Waals surface area (Å²) in [6.07, 6.45) is 3.12. The number of amides is 1. The molecular formula is C51H82N2O18. The first-order chi connectivity index (χ1) is 33.4. The van der Waals surface area contributed by atoms with E-state index in [0.717, 1.165) is 0 Å². The molecule has 20 heteroatoms.